The van der Waals surface area contributed by atoms with Crippen LogP contribution in [0.25, 0.3) is 5.69 Å². The number of rotatable bonds is 5. The van der Waals surface area contributed by atoms with Crippen LogP contribution in [0, 0.1) is 13.8 Å². The lowest BCUT2D eigenvalue weighted by molar-refractivity contribution is -0.117. The summed E-state index contributed by atoms with van der Waals surface area (Å²) in [6.45, 7) is 3.95. The van der Waals surface area contributed by atoms with Gasteiger partial charge < -0.3 is 5.73 Å². The van der Waals surface area contributed by atoms with Gasteiger partial charge >= 0.3 is 0 Å². The Labute approximate surface area is 116 Å². The molecule has 0 saturated carbocycles. The molecule has 0 unspecified atom stereocenters. The number of thioether (sulfide) groups is 1. The summed E-state index contributed by atoms with van der Waals surface area (Å²) in [6, 6.07) is 8.16. The van der Waals surface area contributed by atoms with Gasteiger partial charge in [0.1, 0.15) is 5.82 Å². The van der Waals surface area contributed by atoms with Crippen LogP contribution in [0.15, 0.2) is 29.4 Å². The van der Waals surface area contributed by atoms with E-state index in [2.05, 4.69) is 10.2 Å². The van der Waals surface area contributed by atoms with Crippen molar-refractivity contribution >= 4 is 17.7 Å². The van der Waals surface area contributed by atoms with Gasteiger partial charge in [0.05, 0.1) is 0 Å². The number of aryl methyl sites for hydroxylation is 2. The monoisotopic (exact) mass is 276 g/mol. The molecule has 0 radical (unpaired) electrons. The van der Waals surface area contributed by atoms with E-state index >= 15 is 0 Å². The molecule has 6 heteroatoms. The van der Waals surface area contributed by atoms with E-state index in [-0.39, 0.29) is 5.91 Å². The first-order valence-corrected chi connectivity index (χ1v) is 6.96. The minimum Gasteiger partial charge on any atom is -0.370 e. The average molecular weight is 276 g/mol. The molecule has 0 bridgehead atoms. The van der Waals surface area contributed by atoms with Crippen molar-refractivity contribution in [3.63, 3.8) is 0 Å². The third-order valence-corrected chi connectivity index (χ3v) is 3.60. The van der Waals surface area contributed by atoms with E-state index in [4.69, 9.17) is 5.73 Å². The SMILES string of the molecule is Cc1ccc(-n2c(C)nnc2SCCC(N)=O)cc1. The van der Waals surface area contributed by atoms with Gasteiger partial charge in [-0.05, 0) is 26.0 Å². The summed E-state index contributed by atoms with van der Waals surface area (Å²) in [6.07, 6.45) is 0.338. The summed E-state index contributed by atoms with van der Waals surface area (Å²) < 4.78 is 1.98. The van der Waals surface area contributed by atoms with E-state index in [1.807, 2.05) is 42.7 Å². The second kappa shape index (κ2) is 5.88. The highest BCUT2D eigenvalue weighted by molar-refractivity contribution is 7.99. The van der Waals surface area contributed by atoms with Gasteiger partial charge in [0.2, 0.25) is 5.91 Å². The largest absolute Gasteiger partial charge is 0.370 e. The number of nitrogens with two attached hydrogens (primary N) is 1. The average Bonchev–Trinajstić information content (AvgIpc) is 2.72. The fourth-order valence-electron chi connectivity index (χ4n) is 1.67. The number of hydrogen-bond donors (Lipinski definition) is 1. The summed E-state index contributed by atoms with van der Waals surface area (Å²) in [5.74, 6) is 1.13. The number of aromatic nitrogens is 3. The molecule has 0 saturated heterocycles. The van der Waals surface area contributed by atoms with Crippen LogP contribution >= 0.6 is 11.8 Å². The van der Waals surface area contributed by atoms with E-state index in [1.165, 1.54) is 17.3 Å². The third-order valence-electron chi connectivity index (χ3n) is 2.67. The minimum atomic E-state index is -0.300. The third kappa shape index (κ3) is 3.35. The van der Waals surface area contributed by atoms with Crippen LogP contribution in [0.3, 0.4) is 0 Å². The highest BCUT2D eigenvalue weighted by atomic mass is 32.2. The van der Waals surface area contributed by atoms with Crippen molar-refractivity contribution in [1.82, 2.24) is 14.8 Å². The maximum atomic E-state index is 10.8. The molecule has 0 spiro atoms. The molecule has 0 fully saturated rings. The maximum absolute atomic E-state index is 10.8. The predicted octanol–water partition coefficient (Wildman–Crippen LogP) is 1.85. The lowest BCUT2D eigenvalue weighted by atomic mass is 10.2. The zero-order chi connectivity index (χ0) is 13.8. The number of carbonyl (C=O) groups is 1. The van der Waals surface area contributed by atoms with Gasteiger partial charge in [0.25, 0.3) is 0 Å². The van der Waals surface area contributed by atoms with Gasteiger partial charge in [-0.25, -0.2) is 0 Å². The molecule has 100 valence electrons. The lowest BCUT2D eigenvalue weighted by Gasteiger charge is -2.08. The fraction of sp³-hybridized carbons (Fsp3) is 0.308. The molecule has 0 aliphatic carbocycles. The van der Waals surface area contributed by atoms with Gasteiger partial charge in [-0.15, -0.1) is 10.2 Å². The van der Waals surface area contributed by atoms with Crippen molar-refractivity contribution in [2.75, 3.05) is 5.75 Å². The molecule has 2 rings (SSSR count). The minimum absolute atomic E-state index is 0.300. The number of carbonyl (C=O) groups excluding carboxylic acids is 1. The molecule has 1 aromatic carbocycles. The first-order valence-electron chi connectivity index (χ1n) is 5.98. The van der Waals surface area contributed by atoms with Crippen LogP contribution in [0.5, 0.6) is 0 Å². The van der Waals surface area contributed by atoms with E-state index < -0.39 is 0 Å². The standard InChI is InChI=1S/C13H16N4OS/c1-9-3-5-11(6-4-9)17-10(2)15-16-13(17)19-8-7-12(14)18/h3-6H,7-8H2,1-2H3,(H2,14,18). The van der Waals surface area contributed by atoms with Gasteiger partial charge in [-0.2, -0.15) is 0 Å². The van der Waals surface area contributed by atoms with Crippen molar-refractivity contribution in [3.8, 4) is 5.69 Å². The molecule has 1 aromatic heterocycles. The quantitative estimate of drug-likeness (QED) is 0.846. The zero-order valence-corrected chi connectivity index (χ0v) is 11.8. The van der Waals surface area contributed by atoms with Gasteiger partial charge in [0, 0.05) is 17.9 Å². The van der Waals surface area contributed by atoms with Gasteiger partial charge in [-0.1, -0.05) is 29.5 Å². The van der Waals surface area contributed by atoms with E-state index in [9.17, 15) is 4.79 Å². The Balaban J connectivity index is 2.22. The number of hydrogen-bond acceptors (Lipinski definition) is 4. The Bertz CT molecular complexity index is 577. The fourth-order valence-corrected chi connectivity index (χ4v) is 2.62. The van der Waals surface area contributed by atoms with Crippen LogP contribution in [0.2, 0.25) is 0 Å². The lowest BCUT2D eigenvalue weighted by Crippen LogP contribution is -2.11. The predicted molar refractivity (Wildman–Crippen MR) is 75.4 cm³/mol. The van der Waals surface area contributed by atoms with Crippen LogP contribution in [-0.4, -0.2) is 26.4 Å². The molecule has 0 aliphatic heterocycles. The van der Waals surface area contributed by atoms with Crippen molar-refractivity contribution in [2.24, 2.45) is 5.73 Å². The molecular formula is C13H16N4OS. The topological polar surface area (TPSA) is 73.8 Å². The zero-order valence-electron chi connectivity index (χ0n) is 11.0. The Kier molecular flexibility index (Phi) is 4.21. The highest BCUT2D eigenvalue weighted by Gasteiger charge is 2.11. The molecular weight excluding hydrogens is 260 g/mol. The van der Waals surface area contributed by atoms with Gasteiger partial charge in [0.15, 0.2) is 5.16 Å². The normalized spacial score (nSPS) is 10.6. The number of primary amides is 1. The van der Waals surface area contributed by atoms with Crippen molar-refractivity contribution in [1.29, 1.82) is 0 Å². The van der Waals surface area contributed by atoms with Crippen LogP contribution < -0.4 is 5.73 Å². The first-order chi connectivity index (χ1) is 9.08. The summed E-state index contributed by atoms with van der Waals surface area (Å²) in [7, 11) is 0. The Morgan fingerprint density at radius 2 is 1.95 bits per heavy atom. The van der Waals surface area contributed by atoms with E-state index in [0.717, 1.165) is 16.7 Å². The van der Waals surface area contributed by atoms with Crippen LogP contribution in [0.4, 0.5) is 0 Å². The molecule has 1 heterocycles. The maximum Gasteiger partial charge on any atom is 0.218 e. The number of nitrogens with zero attached hydrogens (tertiary/aromatic N) is 3. The molecule has 5 nitrogen and oxygen atoms in total. The Morgan fingerprint density at radius 3 is 2.58 bits per heavy atom. The summed E-state index contributed by atoms with van der Waals surface area (Å²) in [5, 5.41) is 9.00. The Hall–Kier alpha value is -1.82. The van der Waals surface area contributed by atoms with Crippen LogP contribution in [-0.2, 0) is 4.79 Å². The second-order valence-corrected chi connectivity index (χ2v) is 5.33. The number of amides is 1. The van der Waals surface area contributed by atoms with Crippen molar-refractivity contribution in [2.45, 2.75) is 25.4 Å². The Morgan fingerprint density at radius 1 is 1.26 bits per heavy atom. The van der Waals surface area contributed by atoms with Crippen molar-refractivity contribution < 1.29 is 4.79 Å². The first kappa shape index (κ1) is 13.6. The molecule has 19 heavy (non-hydrogen) atoms. The summed E-state index contributed by atoms with van der Waals surface area (Å²) in [4.78, 5) is 10.8. The van der Waals surface area contributed by atoms with E-state index in [0.29, 0.717) is 12.2 Å². The molecule has 0 aliphatic rings. The molecule has 2 N–H and O–H groups in total. The van der Waals surface area contributed by atoms with E-state index in [1.54, 1.807) is 0 Å². The van der Waals surface area contributed by atoms with Crippen LogP contribution in [0.1, 0.15) is 17.8 Å². The molecule has 1 amide bonds. The summed E-state index contributed by atoms with van der Waals surface area (Å²) >= 11 is 1.48. The van der Waals surface area contributed by atoms with Gasteiger partial charge in [-0.3, -0.25) is 9.36 Å². The van der Waals surface area contributed by atoms with Crippen molar-refractivity contribution in [3.05, 3.63) is 35.7 Å². The summed E-state index contributed by atoms with van der Waals surface area (Å²) in [5.41, 5.74) is 7.36. The number of benzene rings is 1. The molecule has 2 aromatic rings. The smallest absolute Gasteiger partial charge is 0.218 e. The molecule has 0 atom stereocenters. The highest BCUT2D eigenvalue weighted by Crippen LogP contribution is 2.22. The second-order valence-electron chi connectivity index (χ2n) is 4.27.